The van der Waals surface area contributed by atoms with Crippen molar-refractivity contribution < 1.29 is 0 Å². The van der Waals surface area contributed by atoms with E-state index in [4.69, 9.17) is 0 Å². The maximum Gasteiger partial charge on any atom is 0.0154 e. The molecule has 0 saturated carbocycles. The first kappa shape index (κ1) is 11.7. The lowest BCUT2D eigenvalue weighted by Crippen LogP contribution is -2.26. The van der Waals surface area contributed by atoms with Gasteiger partial charge in [0.25, 0.3) is 0 Å². The zero-order chi connectivity index (χ0) is 8.53. The minimum absolute atomic E-state index is 0.743. The number of unbranched alkanes of at least 4 members (excludes halogenated alkanes) is 3. The number of nitrogens with one attached hydrogen (secondary N) is 1. The Balaban J connectivity index is 3.07. The van der Waals surface area contributed by atoms with Gasteiger partial charge in [0.05, 0.1) is 0 Å². The first-order valence-electron chi connectivity index (χ1n) is 4.58. The lowest BCUT2D eigenvalue weighted by molar-refractivity contribution is 0.527. The maximum absolute atomic E-state index is 3.32. The maximum atomic E-state index is 3.32. The van der Waals surface area contributed by atoms with Gasteiger partial charge in [0.1, 0.15) is 0 Å². The van der Waals surface area contributed by atoms with E-state index < -0.39 is 0 Å². The van der Waals surface area contributed by atoms with Gasteiger partial charge in [-0.15, -0.1) is 0 Å². The van der Waals surface area contributed by atoms with Gasteiger partial charge in [0.2, 0.25) is 0 Å². The van der Waals surface area contributed by atoms with Gasteiger partial charge in [0.15, 0.2) is 0 Å². The van der Waals surface area contributed by atoms with E-state index in [9.17, 15) is 0 Å². The zero-order valence-electron chi connectivity index (χ0n) is 7.70. The summed E-state index contributed by atoms with van der Waals surface area (Å²) in [7, 11) is 2.06. The van der Waals surface area contributed by atoms with Crippen LogP contribution in [-0.4, -0.2) is 17.5 Å². The number of rotatable bonds is 7. The van der Waals surface area contributed by atoms with Gasteiger partial charge in [-0.25, -0.2) is 0 Å². The van der Waals surface area contributed by atoms with Gasteiger partial charge in [-0.05, 0) is 13.5 Å². The van der Waals surface area contributed by atoms with Gasteiger partial charge in [0, 0.05) is 10.5 Å². The average Bonchev–Trinajstić information content (AvgIpc) is 2.05. The normalized spacial score (nSPS) is 13.4. The number of hydrogen-bond donors (Lipinski definition) is 1. The molecular weight excluding hydrogens is 249 g/mol. The molecule has 1 N–H and O–H groups in total. The summed E-state index contributed by atoms with van der Waals surface area (Å²) in [5.74, 6) is 0. The van der Waals surface area contributed by atoms with Crippen molar-refractivity contribution in [2.75, 3.05) is 11.5 Å². The van der Waals surface area contributed by atoms with Crippen molar-refractivity contribution in [3.8, 4) is 0 Å². The molecule has 0 fully saturated rings. The van der Waals surface area contributed by atoms with Crippen molar-refractivity contribution in [3.05, 3.63) is 0 Å². The van der Waals surface area contributed by atoms with Crippen LogP contribution in [0.25, 0.3) is 0 Å². The molecule has 0 aliphatic rings. The average molecular weight is 269 g/mol. The Kier molecular flexibility index (Phi) is 9.33. The highest BCUT2D eigenvalue weighted by molar-refractivity contribution is 14.1. The SMILES string of the molecule is CCCCCCC(CI)NC. The fourth-order valence-electron chi connectivity index (χ4n) is 1.12. The Labute approximate surface area is 84.5 Å². The Hall–Kier alpha value is 0.690. The summed E-state index contributed by atoms with van der Waals surface area (Å²) in [6.45, 7) is 2.26. The third-order valence-electron chi connectivity index (χ3n) is 2.00. The van der Waals surface area contributed by atoms with Gasteiger partial charge < -0.3 is 5.32 Å². The molecule has 0 saturated heterocycles. The van der Waals surface area contributed by atoms with E-state index in [0.29, 0.717) is 0 Å². The molecule has 0 heterocycles. The largest absolute Gasteiger partial charge is 0.316 e. The quantitative estimate of drug-likeness (QED) is 0.425. The molecule has 0 aromatic heterocycles. The van der Waals surface area contributed by atoms with E-state index in [2.05, 4.69) is 41.9 Å². The van der Waals surface area contributed by atoms with Crippen LogP contribution in [-0.2, 0) is 0 Å². The predicted molar refractivity (Wildman–Crippen MR) is 60.5 cm³/mol. The van der Waals surface area contributed by atoms with Crippen LogP contribution < -0.4 is 5.32 Å². The molecule has 0 aromatic rings. The third kappa shape index (κ3) is 7.06. The first-order valence-corrected chi connectivity index (χ1v) is 6.11. The summed E-state index contributed by atoms with van der Waals surface area (Å²) < 4.78 is 1.24. The zero-order valence-corrected chi connectivity index (χ0v) is 9.86. The smallest absolute Gasteiger partial charge is 0.0154 e. The van der Waals surface area contributed by atoms with Crippen molar-refractivity contribution in [3.63, 3.8) is 0 Å². The lowest BCUT2D eigenvalue weighted by atomic mass is 10.1. The molecule has 0 rings (SSSR count). The molecule has 68 valence electrons. The summed E-state index contributed by atoms with van der Waals surface area (Å²) in [5.41, 5.74) is 0. The topological polar surface area (TPSA) is 12.0 Å². The second-order valence-electron chi connectivity index (χ2n) is 2.99. The highest BCUT2D eigenvalue weighted by Crippen LogP contribution is 2.06. The summed E-state index contributed by atoms with van der Waals surface area (Å²) in [4.78, 5) is 0. The van der Waals surface area contributed by atoms with Crippen LogP contribution in [0.3, 0.4) is 0 Å². The van der Waals surface area contributed by atoms with Crippen molar-refractivity contribution in [2.24, 2.45) is 0 Å². The van der Waals surface area contributed by atoms with Gasteiger partial charge in [-0.3, -0.25) is 0 Å². The third-order valence-corrected chi connectivity index (χ3v) is 3.06. The molecule has 0 spiro atoms. The molecule has 0 aliphatic carbocycles. The molecule has 11 heavy (non-hydrogen) atoms. The minimum Gasteiger partial charge on any atom is -0.316 e. The Bertz CT molecular complexity index is 72.0. The molecule has 1 unspecified atom stereocenters. The number of halogens is 1. The lowest BCUT2D eigenvalue weighted by Gasteiger charge is -2.11. The van der Waals surface area contributed by atoms with E-state index in [1.165, 1.54) is 36.5 Å². The number of hydrogen-bond acceptors (Lipinski definition) is 1. The van der Waals surface area contributed by atoms with Crippen LogP contribution in [0, 0.1) is 0 Å². The van der Waals surface area contributed by atoms with E-state index in [1.54, 1.807) is 0 Å². The molecule has 0 radical (unpaired) electrons. The fraction of sp³-hybridized carbons (Fsp3) is 1.00. The summed E-state index contributed by atoms with van der Waals surface area (Å²) in [6, 6.07) is 0.743. The van der Waals surface area contributed by atoms with Gasteiger partial charge in [-0.1, -0.05) is 55.2 Å². The van der Waals surface area contributed by atoms with Crippen LogP contribution >= 0.6 is 22.6 Å². The fourth-order valence-corrected chi connectivity index (χ4v) is 2.00. The second-order valence-corrected chi connectivity index (χ2v) is 3.87. The van der Waals surface area contributed by atoms with Crippen molar-refractivity contribution >= 4 is 22.6 Å². The molecule has 1 atom stereocenters. The molecule has 1 nitrogen and oxygen atoms in total. The van der Waals surface area contributed by atoms with Gasteiger partial charge in [-0.2, -0.15) is 0 Å². The molecule has 0 aliphatic heterocycles. The highest BCUT2D eigenvalue weighted by atomic mass is 127. The number of alkyl halides is 1. The standard InChI is InChI=1S/C9H20IN/c1-3-4-5-6-7-9(8-10)11-2/h9,11H,3-8H2,1-2H3. The second kappa shape index (κ2) is 8.78. The molecule has 0 amide bonds. The molecular formula is C9H20IN. The van der Waals surface area contributed by atoms with Crippen LogP contribution in [0.2, 0.25) is 0 Å². The highest BCUT2D eigenvalue weighted by Gasteiger charge is 2.01. The van der Waals surface area contributed by atoms with E-state index in [-0.39, 0.29) is 0 Å². The summed E-state index contributed by atoms with van der Waals surface area (Å²) in [5, 5.41) is 3.32. The first-order chi connectivity index (χ1) is 5.35. The minimum atomic E-state index is 0.743. The van der Waals surface area contributed by atoms with Gasteiger partial charge >= 0.3 is 0 Å². The monoisotopic (exact) mass is 269 g/mol. The Morgan fingerprint density at radius 3 is 2.45 bits per heavy atom. The Morgan fingerprint density at radius 1 is 1.27 bits per heavy atom. The molecule has 0 aromatic carbocycles. The molecule has 2 heteroatoms. The van der Waals surface area contributed by atoms with Crippen LogP contribution in [0.1, 0.15) is 39.0 Å². The predicted octanol–water partition coefficient (Wildman–Crippen LogP) is 2.98. The van der Waals surface area contributed by atoms with E-state index in [0.717, 1.165) is 6.04 Å². The van der Waals surface area contributed by atoms with Crippen LogP contribution in [0.15, 0.2) is 0 Å². The van der Waals surface area contributed by atoms with Crippen LogP contribution in [0.5, 0.6) is 0 Å². The van der Waals surface area contributed by atoms with Crippen LogP contribution in [0.4, 0.5) is 0 Å². The molecule has 0 bridgehead atoms. The van der Waals surface area contributed by atoms with Crippen molar-refractivity contribution in [1.82, 2.24) is 5.32 Å². The summed E-state index contributed by atoms with van der Waals surface area (Å²) >= 11 is 2.45. The van der Waals surface area contributed by atoms with Crippen molar-refractivity contribution in [2.45, 2.75) is 45.1 Å². The summed E-state index contributed by atoms with van der Waals surface area (Å²) in [6.07, 6.45) is 6.89. The van der Waals surface area contributed by atoms with E-state index >= 15 is 0 Å². The Morgan fingerprint density at radius 2 is 2.00 bits per heavy atom. The van der Waals surface area contributed by atoms with E-state index in [1.807, 2.05) is 0 Å². The van der Waals surface area contributed by atoms with Crippen molar-refractivity contribution in [1.29, 1.82) is 0 Å².